The molecule has 17 heavy (non-hydrogen) atoms. The van der Waals surface area contributed by atoms with Crippen molar-refractivity contribution in [1.82, 2.24) is 9.88 Å². The molecule has 2 amide bonds. The molecule has 2 N–H and O–H groups in total. The molecule has 1 saturated heterocycles. The second kappa shape index (κ2) is 4.83. The normalized spacial score (nSPS) is 19.7. The molecular formula is C11H12BrN3O2. The first-order chi connectivity index (χ1) is 8.06. The molecule has 90 valence electrons. The van der Waals surface area contributed by atoms with Gasteiger partial charge in [0.15, 0.2) is 0 Å². The number of nitrogens with two attached hydrogens (primary N) is 1. The van der Waals surface area contributed by atoms with Crippen molar-refractivity contribution >= 4 is 27.7 Å². The number of likely N-dealkylation sites (tertiary alicyclic amines) is 1. The number of carbonyl (C=O) groups excluding carboxylic acids is 2. The highest BCUT2D eigenvalue weighted by atomic mass is 79.9. The number of pyridine rings is 1. The van der Waals surface area contributed by atoms with Gasteiger partial charge in [-0.05, 0) is 27.6 Å². The minimum Gasteiger partial charge on any atom is -0.369 e. The molecular weight excluding hydrogens is 286 g/mol. The minimum absolute atomic E-state index is 0.0308. The fourth-order valence-electron chi connectivity index (χ4n) is 1.84. The Morgan fingerprint density at radius 1 is 1.59 bits per heavy atom. The van der Waals surface area contributed by atoms with Crippen LogP contribution in [0.1, 0.15) is 12.0 Å². The zero-order chi connectivity index (χ0) is 12.4. The van der Waals surface area contributed by atoms with Crippen LogP contribution >= 0.6 is 15.9 Å². The average Bonchev–Trinajstić information content (AvgIpc) is 2.64. The molecule has 2 rings (SSSR count). The lowest BCUT2D eigenvalue weighted by Gasteiger charge is -2.15. The molecule has 0 bridgehead atoms. The highest BCUT2D eigenvalue weighted by Crippen LogP contribution is 2.19. The van der Waals surface area contributed by atoms with Gasteiger partial charge < -0.3 is 10.6 Å². The molecule has 6 heteroatoms. The Labute approximate surface area is 107 Å². The number of carbonyl (C=O) groups is 2. The van der Waals surface area contributed by atoms with Gasteiger partial charge in [-0.3, -0.25) is 9.59 Å². The van der Waals surface area contributed by atoms with Crippen molar-refractivity contribution in [1.29, 1.82) is 0 Å². The van der Waals surface area contributed by atoms with Crippen molar-refractivity contribution < 1.29 is 9.59 Å². The average molecular weight is 298 g/mol. The fraction of sp³-hybridized carbons (Fsp3) is 0.364. The number of rotatable bonds is 3. The van der Waals surface area contributed by atoms with E-state index < -0.39 is 5.91 Å². The molecule has 0 spiro atoms. The zero-order valence-corrected chi connectivity index (χ0v) is 10.7. The number of aromatic nitrogens is 1. The van der Waals surface area contributed by atoms with Crippen LogP contribution in [0, 0.1) is 5.92 Å². The van der Waals surface area contributed by atoms with E-state index in [1.54, 1.807) is 11.1 Å². The molecule has 1 aliphatic heterocycles. The summed E-state index contributed by atoms with van der Waals surface area (Å²) in [6, 6.07) is 3.71. The maximum atomic E-state index is 11.6. The van der Waals surface area contributed by atoms with Gasteiger partial charge in [0.1, 0.15) is 4.60 Å². The van der Waals surface area contributed by atoms with Crippen molar-refractivity contribution in [2.24, 2.45) is 11.7 Å². The van der Waals surface area contributed by atoms with E-state index in [9.17, 15) is 9.59 Å². The Kier molecular flexibility index (Phi) is 3.42. The Balaban J connectivity index is 2.02. The lowest BCUT2D eigenvalue weighted by Crippen LogP contribution is -2.28. The van der Waals surface area contributed by atoms with E-state index in [-0.39, 0.29) is 18.2 Å². The van der Waals surface area contributed by atoms with E-state index >= 15 is 0 Å². The Morgan fingerprint density at radius 2 is 2.35 bits per heavy atom. The number of primary amides is 1. The molecule has 1 unspecified atom stereocenters. The van der Waals surface area contributed by atoms with Gasteiger partial charge in [0.2, 0.25) is 11.8 Å². The van der Waals surface area contributed by atoms with Gasteiger partial charge in [-0.15, -0.1) is 0 Å². The number of hydrogen-bond donors (Lipinski definition) is 1. The van der Waals surface area contributed by atoms with E-state index in [1.807, 2.05) is 12.1 Å². The summed E-state index contributed by atoms with van der Waals surface area (Å²) >= 11 is 3.25. The molecule has 1 aliphatic rings. The van der Waals surface area contributed by atoms with Crippen LogP contribution in [0.25, 0.3) is 0 Å². The second-order valence-electron chi connectivity index (χ2n) is 4.07. The first-order valence-electron chi connectivity index (χ1n) is 5.24. The maximum Gasteiger partial charge on any atom is 0.223 e. The largest absolute Gasteiger partial charge is 0.369 e. The van der Waals surface area contributed by atoms with Crippen molar-refractivity contribution in [3.05, 3.63) is 28.5 Å². The molecule has 1 aromatic heterocycles. The molecule has 0 aliphatic carbocycles. The lowest BCUT2D eigenvalue weighted by atomic mass is 10.1. The Morgan fingerprint density at radius 3 is 2.88 bits per heavy atom. The molecule has 0 aromatic carbocycles. The van der Waals surface area contributed by atoms with Gasteiger partial charge in [-0.2, -0.15) is 0 Å². The molecule has 2 heterocycles. The highest BCUT2D eigenvalue weighted by Gasteiger charge is 2.32. The van der Waals surface area contributed by atoms with Crippen LogP contribution in [0.3, 0.4) is 0 Å². The maximum absolute atomic E-state index is 11.6. The smallest absolute Gasteiger partial charge is 0.223 e. The summed E-state index contributed by atoms with van der Waals surface area (Å²) in [5.74, 6) is -0.794. The summed E-state index contributed by atoms with van der Waals surface area (Å²) in [6.07, 6.45) is 1.92. The predicted octanol–water partition coefficient (Wildman–Crippen LogP) is 0.678. The van der Waals surface area contributed by atoms with Crippen molar-refractivity contribution in [3.63, 3.8) is 0 Å². The van der Waals surface area contributed by atoms with Gasteiger partial charge in [-0.25, -0.2) is 4.98 Å². The summed E-state index contributed by atoms with van der Waals surface area (Å²) in [5.41, 5.74) is 6.14. The number of halogens is 1. The standard InChI is InChI=1S/C11H12BrN3O2/c12-9-2-1-7(4-14-9)5-15-6-8(11(13)17)3-10(15)16/h1-2,4,8H,3,5-6H2,(H2,13,17). The quantitative estimate of drug-likeness (QED) is 0.834. The first kappa shape index (κ1) is 12.0. The van der Waals surface area contributed by atoms with Crippen molar-refractivity contribution in [3.8, 4) is 0 Å². The van der Waals surface area contributed by atoms with Crippen LogP contribution in [-0.4, -0.2) is 28.2 Å². The van der Waals surface area contributed by atoms with E-state index in [4.69, 9.17) is 5.73 Å². The van der Waals surface area contributed by atoms with Gasteiger partial charge in [0.05, 0.1) is 5.92 Å². The number of nitrogens with zero attached hydrogens (tertiary/aromatic N) is 2. The van der Waals surface area contributed by atoms with Gasteiger partial charge in [-0.1, -0.05) is 6.07 Å². The minimum atomic E-state index is -0.408. The van der Waals surface area contributed by atoms with Gasteiger partial charge in [0.25, 0.3) is 0 Å². The topological polar surface area (TPSA) is 76.3 Å². The van der Waals surface area contributed by atoms with E-state index in [0.717, 1.165) is 10.2 Å². The molecule has 5 nitrogen and oxygen atoms in total. The van der Waals surface area contributed by atoms with E-state index in [2.05, 4.69) is 20.9 Å². The first-order valence-corrected chi connectivity index (χ1v) is 6.03. The number of amides is 2. The van der Waals surface area contributed by atoms with Gasteiger partial charge >= 0.3 is 0 Å². The summed E-state index contributed by atoms with van der Waals surface area (Å²) < 4.78 is 0.754. The third kappa shape index (κ3) is 2.82. The third-order valence-corrected chi connectivity index (χ3v) is 3.25. The number of hydrogen-bond acceptors (Lipinski definition) is 3. The summed E-state index contributed by atoms with van der Waals surface area (Å²) in [7, 11) is 0. The highest BCUT2D eigenvalue weighted by molar-refractivity contribution is 9.10. The third-order valence-electron chi connectivity index (χ3n) is 2.78. The molecule has 1 fully saturated rings. The fourth-order valence-corrected chi connectivity index (χ4v) is 2.07. The van der Waals surface area contributed by atoms with Crippen LogP contribution < -0.4 is 5.73 Å². The van der Waals surface area contributed by atoms with Crippen LogP contribution in [0.4, 0.5) is 0 Å². The summed E-state index contributed by atoms with van der Waals surface area (Å²) in [5, 5.41) is 0. The molecule has 1 aromatic rings. The molecule has 1 atom stereocenters. The summed E-state index contributed by atoms with van der Waals surface area (Å²) in [4.78, 5) is 28.4. The molecule has 0 saturated carbocycles. The Bertz CT molecular complexity index is 447. The summed E-state index contributed by atoms with van der Waals surface area (Å²) in [6.45, 7) is 0.882. The van der Waals surface area contributed by atoms with E-state index in [0.29, 0.717) is 13.1 Å². The van der Waals surface area contributed by atoms with Crippen molar-refractivity contribution in [2.45, 2.75) is 13.0 Å². The SMILES string of the molecule is NC(=O)C1CC(=O)N(Cc2ccc(Br)nc2)C1. The van der Waals surface area contributed by atoms with Crippen molar-refractivity contribution in [2.75, 3.05) is 6.54 Å². The monoisotopic (exact) mass is 297 g/mol. The molecule has 0 radical (unpaired) electrons. The van der Waals surface area contributed by atoms with Crippen LogP contribution in [0.5, 0.6) is 0 Å². The van der Waals surface area contributed by atoms with Gasteiger partial charge in [0, 0.05) is 25.7 Å². The Hall–Kier alpha value is -1.43. The van der Waals surface area contributed by atoms with E-state index in [1.165, 1.54) is 0 Å². The van der Waals surface area contributed by atoms with Crippen LogP contribution in [0.15, 0.2) is 22.9 Å². The zero-order valence-electron chi connectivity index (χ0n) is 9.10. The lowest BCUT2D eigenvalue weighted by molar-refractivity contribution is -0.128. The predicted molar refractivity (Wildman–Crippen MR) is 64.7 cm³/mol. The second-order valence-corrected chi connectivity index (χ2v) is 4.88. The van der Waals surface area contributed by atoms with Crippen LogP contribution in [0.2, 0.25) is 0 Å². The van der Waals surface area contributed by atoms with Crippen LogP contribution in [-0.2, 0) is 16.1 Å².